The Hall–Kier alpha value is -0.110. The van der Waals surface area contributed by atoms with Gasteiger partial charge in [-0.3, -0.25) is 9.69 Å². The van der Waals surface area contributed by atoms with Gasteiger partial charge in [-0.15, -0.1) is 23.2 Å². The van der Waals surface area contributed by atoms with Crippen LogP contribution < -0.4 is 16.8 Å². The van der Waals surface area contributed by atoms with Crippen molar-refractivity contribution in [3.05, 3.63) is 0 Å². The Morgan fingerprint density at radius 2 is 1.86 bits per heavy atom. The maximum atomic E-state index is 11.6. The molecule has 8 heteroatoms. The van der Waals surface area contributed by atoms with Crippen LogP contribution in [0.25, 0.3) is 0 Å². The van der Waals surface area contributed by atoms with Gasteiger partial charge in [-0.1, -0.05) is 6.42 Å². The number of hydrogen-bond donors (Lipinski definition) is 3. The molecule has 0 spiro atoms. The fourth-order valence-electron chi connectivity index (χ4n) is 1.86. The molecule has 0 aromatic carbocycles. The summed E-state index contributed by atoms with van der Waals surface area (Å²) in [6.07, 6.45) is 2.75. The van der Waals surface area contributed by atoms with Crippen molar-refractivity contribution >= 4 is 29.1 Å². The van der Waals surface area contributed by atoms with E-state index in [1.54, 1.807) is 0 Å². The molecule has 1 atom stereocenters. The summed E-state index contributed by atoms with van der Waals surface area (Å²) in [5.41, 5.74) is 11.1. The van der Waals surface area contributed by atoms with Crippen LogP contribution in [-0.4, -0.2) is 74.5 Å². The maximum absolute atomic E-state index is 11.6. The van der Waals surface area contributed by atoms with E-state index in [0.717, 1.165) is 38.9 Å². The van der Waals surface area contributed by atoms with Crippen molar-refractivity contribution < 1.29 is 9.53 Å². The third-order valence-electron chi connectivity index (χ3n) is 3.21. The Kier molecular flexibility index (Phi) is 15.7. The lowest BCUT2D eigenvalue weighted by molar-refractivity contribution is -0.125. The minimum absolute atomic E-state index is 0.0583. The molecule has 0 saturated carbocycles. The van der Waals surface area contributed by atoms with Crippen molar-refractivity contribution in [2.45, 2.75) is 25.3 Å². The maximum Gasteiger partial charge on any atom is 0.245 e. The molecule has 5 N–H and O–H groups in total. The molecule has 0 radical (unpaired) electrons. The quantitative estimate of drug-likeness (QED) is 0.291. The van der Waals surface area contributed by atoms with Gasteiger partial charge in [0.25, 0.3) is 0 Å². The van der Waals surface area contributed by atoms with Crippen LogP contribution in [0.3, 0.4) is 0 Å². The van der Waals surface area contributed by atoms with Crippen molar-refractivity contribution in [2.24, 2.45) is 11.5 Å². The van der Waals surface area contributed by atoms with Crippen LogP contribution in [0.2, 0.25) is 0 Å². The number of unbranched alkanes of at least 4 members (excludes halogenated alkanes) is 1. The van der Waals surface area contributed by atoms with Gasteiger partial charge in [0.1, 0.15) is 6.61 Å². The SMILES string of the molecule is NC[C@@H](N)CCCCNC(=O)COCCN(CCCl)CCCl. The molecule has 0 rings (SSSR count). The van der Waals surface area contributed by atoms with E-state index in [0.29, 0.717) is 31.5 Å². The lowest BCUT2D eigenvalue weighted by Gasteiger charge is -2.19. The predicted molar refractivity (Wildman–Crippen MR) is 92.6 cm³/mol. The Balaban J connectivity index is 3.49. The topological polar surface area (TPSA) is 93.6 Å². The van der Waals surface area contributed by atoms with E-state index in [1.165, 1.54) is 0 Å². The summed E-state index contributed by atoms with van der Waals surface area (Å²) >= 11 is 11.4. The molecule has 132 valence electrons. The summed E-state index contributed by atoms with van der Waals surface area (Å²) in [4.78, 5) is 13.7. The van der Waals surface area contributed by atoms with Gasteiger partial charge >= 0.3 is 0 Å². The average Bonchev–Trinajstić information content (AvgIpc) is 2.51. The predicted octanol–water partition coefficient (Wildman–Crippen LogP) is 0.355. The monoisotopic (exact) mass is 356 g/mol. The summed E-state index contributed by atoms with van der Waals surface area (Å²) in [6, 6.07) is 0.0583. The highest BCUT2D eigenvalue weighted by Crippen LogP contribution is 1.97. The van der Waals surface area contributed by atoms with Gasteiger partial charge in [-0.25, -0.2) is 0 Å². The Morgan fingerprint density at radius 1 is 1.18 bits per heavy atom. The minimum Gasteiger partial charge on any atom is -0.370 e. The Bertz CT molecular complexity index is 267. The van der Waals surface area contributed by atoms with Gasteiger partial charge in [0, 0.05) is 50.5 Å². The molecule has 0 saturated heterocycles. The van der Waals surface area contributed by atoms with Crippen molar-refractivity contribution in [3.8, 4) is 0 Å². The van der Waals surface area contributed by atoms with Crippen molar-refractivity contribution in [3.63, 3.8) is 0 Å². The number of nitrogens with one attached hydrogen (secondary N) is 1. The molecule has 0 aliphatic heterocycles. The molecule has 0 aromatic heterocycles. The Labute approximate surface area is 143 Å². The zero-order valence-electron chi connectivity index (χ0n) is 13.2. The number of hydrogen-bond acceptors (Lipinski definition) is 5. The van der Waals surface area contributed by atoms with Crippen LogP contribution in [0, 0.1) is 0 Å². The molecule has 0 bridgehead atoms. The number of nitrogens with two attached hydrogens (primary N) is 2. The first-order valence-electron chi connectivity index (χ1n) is 7.78. The smallest absolute Gasteiger partial charge is 0.245 e. The molecular weight excluding hydrogens is 327 g/mol. The first-order chi connectivity index (χ1) is 10.6. The summed E-state index contributed by atoms with van der Waals surface area (Å²) in [7, 11) is 0. The molecular formula is C14H30Cl2N4O2. The van der Waals surface area contributed by atoms with Crippen molar-refractivity contribution in [1.29, 1.82) is 0 Å². The molecule has 6 nitrogen and oxygen atoms in total. The molecule has 0 aliphatic rings. The standard InChI is InChI=1S/C14H30Cl2N4O2/c15-4-7-20(8-5-16)9-10-22-12-14(21)19-6-2-1-3-13(18)11-17/h13H,1-12,17-18H2,(H,19,21)/t13-/m0/s1. The van der Waals surface area contributed by atoms with E-state index in [9.17, 15) is 4.79 Å². The van der Waals surface area contributed by atoms with E-state index in [-0.39, 0.29) is 18.6 Å². The number of alkyl halides is 2. The van der Waals surface area contributed by atoms with Crippen LogP contribution in [-0.2, 0) is 9.53 Å². The lowest BCUT2D eigenvalue weighted by atomic mass is 10.1. The van der Waals surface area contributed by atoms with E-state index in [2.05, 4.69) is 10.2 Å². The van der Waals surface area contributed by atoms with Crippen LogP contribution in [0.5, 0.6) is 0 Å². The number of rotatable bonds is 15. The summed E-state index contributed by atoms with van der Waals surface area (Å²) in [5.74, 6) is 1.03. The fourth-order valence-corrected chi connectivity index (χ4v) is 2.34. The van der Waals surface area contributed by atoms with Crippen LogP contribution in [0.1, 0.15) is 19.3 Å². The molecule has 0 aromatic rings. The van der Waals surface area contributed by atoms with Gasteiger partial charge in [-0.05, 0) is 12.8 Å². The van der Waals surface area contributed by atoms with Gasteiger partial charge < -0.3 is 21.5 Å². The summed E-state index contributed by atoms with van der Waals surface area (Å²) in [6.45, 7) is 3.99. The highest BCUT2D eigenvalue weighted by Gasteiger charge is 2.05. The van der Waals surface area contributed by atoms with Gasteiger partial charge in [-0.2, -0.15) is 0 Å². The van der Waals surface area contributed by atoms with Crippen LogP contribution >= 0.6 is 23.2 Å². The number of carbonyl (C=O) groups excluding carboxylic acids is 1. The van der Waals surface area contributed by atoms with Crippen molar-refractivity contribution in [2.75, 3.05) is 57.7 Å². The highest BCUT2D eigenvalue weighted by molar-refractivity contribution is 6.18. The first kappa shape index (κ1) is 21.9. The van der Waals surface area contributed by atoms with Gasteiger partial charge in [0.2, 0.25) is 5.91 Å². The lowest BCUT2D eigenvalue weighted by Crippen LogP contribution is -2.33. The second kappa shape index (κ2) is 15.8. The minimum atomic E-state index is -0.0932. The van der Waals surface area contributed by atoms with Crippen LogP contribution in [0.4, 0.5) is 0 Å². The second-order valence-corrected chi connectivity index (χ2v) is 5.87. The second-order valence-electron chi connectivity index (χ2n) is 5.11. The fraction of sp³-hybridized carbons (Fsp3) is 0.929. The molecule has 1 amide bonds. The Morgan fingerprint density at radius 3 is 2.45 bits per heavy atom. The molecule has 0 aliphatic carbocycles. The van der Waals surface area contributed by atoms with E-state index in [4.69, 9.17) is 39.4 Å². The van der Waals surface area contributed by atoms with Crippen LogP contribution in [0.15, 0.2) is 0 Å². The third kappa shape index (κ3) is 13.5. The van der Waals surface area contributed by atoms with E-state index < -0.39 is 0 Å². The average molecular weight is 357 g/mol. The molecule has 22 heavy (non-hydrogen) atoms. The first-order valence-corrected chi connectivity index (χ1v) is 8.85. The zero-order valence-corrected chi connectivity index (χ0v) is 14.7. The normalized spacial score (nSPS) is 12.6. The number of ether oxygens (including phenoxy) is 1. The molecule has 0 heterocycles. The highest BCUT2D eigenvalue weighted by atomic mass is 35.5. The number of nitrogens with zero attached hydrogens (tertiary/aromatic N) is 1. The van der Waals surface area contributed by atoms with Gasteiger partial charge in [0.15, 0.2) is 0 Å². The third-order valence-corrected chi connectivity index (χ3v) is 3.55. The number of amides is 1. The number of carbonyl (C=O) groups is 1. The zero-order chi connectivity index (χ0) is 16.6. The summed E-state index contributed by atoms with van der Waals surface area (Å²) < 4.78 is 5.35. The van der Waals surface area contributed by atoms with Gasteiger partial charge in [0.05, 0.1) is 6.61 Å². The van der Waals surface area contributed by atoms with Crippen molar-refractivity contribution in [1.82, 2.24) is 10.2 Å². The number of halogens is 2. The molecule has 0 unspecified atom stereocenters. The van der Waals surface area contributed by atoms with E-state index in [1.807, 2.05) is 0 Å². The summed E-state index contributed by atoms with van der Waals surface area (Å²) in [5, 5.41) is 2.82. The van der Waals surface area contributed by atoms with E-state index >= 15 is 0 Å². The molecule has 0 fully saturated rings. The largest absolute Gasteiger partial charge is 0.370 e.